The summed E-state index contributed by atoms with van der Waals surface area (Å²) >= 11 is 8.23. The number of thioether (sulfide) groups is 1. The van der Waals surface area contributed by atoms with Crippen molar-refractivity contribution in [2.45, 2.75) is 51.6 Å². The Balaban J connectivity index is 2.73. The minimum atomic E-state index is 0.480. The monoisotopic (exact) mass is 285 g/mol. The van der Waals surface area contributed by atoms with Crippen LogP contribution in [0.4, 0.5) is 0 Å². The maximum atomic E-state index is 6.31. The second-order valence-corrected chi connectivity index (χ2v) is 6.55. The standard InChI is InChI=1S/C15H24ClNS/c1-5-12(4)10-18-15-8-6-7-14(16)13(15)9-17-11(2)3/h6-8,11-12,17H,5,9-10H2,1-4H3. The Hall–Kier alpha value is -0.180. The molecule has 3 heteroatoms. The van der Waals surface area contributed by atoms with E-state index < -0.39 is 0 Å². The highest BCUT2D eigenvalue weighted by Gasteiger charge is 2.09. The van der Waals surface area contributed by atoms with Gasteiger partial charge >= 0.3 is 0 Å². The van der Waals surface area contributed by atoms with Crippen molar-refractivity contribution in [3.05, 3.63) is 28.8 Å². The number of hydrogen-bond acceptors (Lipinski definition) is 2. The van der Waals surface area contributed by atoms with Crippen LogP contribution in [0.15, 0.2) is 23.1 Å². The van der Waals surface area contributed by atoms with Gasteiger partial charge in [0.2, 0.25) is 0 Å². The Bertz CT molecular complexity index is 366. The molecule has 0 aromatic heterocycles. The molecule has 0 aliphatic rings. The van der Waals surface area contributed by atoms with Crippen LogP contribution in [0.25, 0.3) is 0 Å². The van der Waals surface area contributed by atoms with Crippen molar-refractivity contribution >= 4 is 23.4 Å². The molecule has 1 rings (SSSR count). The molecule has 0 aliphatic carbocycles. The summed E-state index contributed by atoms with van der Waals surface area (Å²) in [5.74, 6) is 1.91. The van der Waals surface area contributed by atoms with Crippen LogP contribution in [0.1, 0.15) is 39.7 Å². The van der Waals surface area contributed by atoms with E-state index in [0.29, 0.717) is 6.04 Å². The number of benzene rings is 1. The average molecular weight is 286 g/mol. The number of hydrogen-bond donors (Lipinski definition) is 1. The normalized spacial score (nSPS) is 13.0. The summed E-state index contributed by atoms with van der Waals surface area (Å²) in [5.41, 5.74) is 1.24. The van der Waals surface area contributed by atoms with Crippen LogP contribution in [0.2, 0.25) is 5.02 Å². The molecule has 0 saturated carbocycles. The molecule has 0 bridgehead atoms. The minimum absolute atomic E-state index is 0.480. The van der Waals surface area contributed by atoms with Crippen molar-refractivity contribution < 1.29 is 0 Å². The third-order valence-corrected chi connectivity index (χ3v) is 4.77. The van der Waals surface area contributed by atoms with Gasteiger partial charge in [0.25, 0.3) is 0 Å². The Morgan fingerprint density at radius 2 is 2.00 bits per heavy atom. The molecule has 0 spiro atoms. The molecule has 0 fully saturated rings. The second kappa shape index (κ2) is 8.08. The van der Waals surface area contributed by atoms with E-state index in [0.717, 1.165) is 23.2 Å². The quantitative estimate of drug-likeness (QED) is 0.710. The van der Waals surface area contributed by atoms with Crippen LogP contribution in [-0.2, 0) is 6.54 Å². The lowest BCUT2D eigenvalue weighted by Crippen LogP contribution is -2.22. The fourth-order valence-corrected chi connectivity index (χ4v) is 3.03. The Labute approximate surface area is 121 Å². The number of rotatable bonds is 7. The van der Waals surface area contributed by atoms with E-state index in [-0.39, 0.29) is 0 Å². The molecule has 1 aromatic rings. The first-order valence-corrected chi connectivity index (χ1v) is 8.04. The maximum absolute atomic E-state index is 6.31. The summed E-state index contributed by atoms with van der Waals surface area (Å²) in [6.45, 7) is 9.69. The van der Waals surface area contributed by atoms with Gasteiger partial charge in [0.15, 0.2) is 0 Å². The molecule has 1 unspecified atom stereocenters. The van der Waals surface area contributed by atoms with E-state index in [2.05, 4.69) is 39.1 Å². The SMILES string of the molecule is CCC(C)CSc1cccc(Cl)c1CNC(C)C. The van der Waals surface area contributed by atoms with Gasteiger partial charge in [0, 0.05) is 28.3 Å². The summed E-state index contributed by atoms with van der Waals surface area (Å²) < 4.78 is 0. The van der Waals surface area contributed by atoms with Gasteiger partial charge in [-0.05, 0) is 23.6 Å². The lowest BCUT2D eigenvalue weighted by atomic mass is 10.2. The molecule has 0 amide bonds. The molecule has 18 heavy (non-hydrogen) atoms. The van der Waals surface area contributed by atoms with E-state index in [9.17, 15) is 0 Å². The van der Waals surface area contributed by atoms with Crippen LogP contribution in [0.5, 0.6) is 0 Å². The molecule has 0 aliphatic heterocycles. The molecule has 1 atom stereocenters. The smallest absolute Gasteiger partial charge is 0.0462 e. The molecule has 0 saturated heterocycles. The summed E-state index contributed by atoms with van der Waals surface area (Å²) in [5, 5.41) is 4.32. The van der Waals surface area contributed by atoms with E-state index in [4.69, 9.17) is 11.6 Å². The van der Waals surface area contributed by atoms with Crippen LogP contribution >= 0.6 is 23.4 Å². The zero-order valence-electron chi connectivity index (χ0n) is 11.8. The van der Waals surface area contributed by atoms with Gasteiger partial charge in [-0.2, -0.15) is 0 Å². The third kappa shape index (κ3) is 5.21. The predicted octanol–water partition coefficient (Wildman–Crippen LogP) is 4.98. The summed E-state index contributed by atoms with van der Waals surface area (Å²) in [6.07, 6.45) is 1.23. The summed E-state index contributed by atoms with van der Waals surface area (Å²) in [7, 11) is 0. The summed E-state index contributed by atoms with van der Waals surface area (Å²) in [4.78, 5) is 1.32. The van der Waals surface area contributed by atoms with Crippen molar-refractivity contribution in [2.24, 2.45) is 5.92 Å². The van der Waals surface area contributed by atoms with E-state index >= 15 is 0 Å². The first kappa shape index (κ1) is 15.9. The molecule has 1 N–H and O–H groups in total. The van der Waals surface area contributed by atoms with Crippen LogP contribution < -0.4 is 5.32 Å². The van der Waals surface area contributed by atoms with Crippen molar-refractivity contribution in [3.8, 4) is 0 Å². The molecule has 0 radical (unpaired) electrons. The molecule has 0 heterocycles. The van der Waals surface area contributed by atoms with Gasteiger partial charge in [-0.15, -0.1) is 11.8 Å². The Morgan fingerprint density at radius 3 is 2.61 bits per heavy atom. The lowest BCUT2D eigenvalue weighted by molar-refractivity contribution is 0.584. The van der Waals surface area contributed by atoms with Crippen LogP contribution in [-0.4, -0.2) is 11.8 Å². The second-order valence-electron chi connectivity index (χ2n) is 5.08. The van der Waals surface area contributed by atoms with Gasteiger partial charge in [-0.1, -0.05) is 51.8 Å². The molecule has 1 aromatic carbocycles. The van der Waals surface area contributed by atoms with E-state index in [1.807, 2.05) is 23.9 Å². The first-order chi connectivity index (χ1) is 8.54. The minimum Gasteiger partial charge on any atom is -0.310 e. The van der Waals surface area contributed by atoms with E-state index in [1.165, 1.54) is 16.9 Å². The maximum Gasteiger partial charge on any atom is 0.0462 e. The highest BCUT2D eigenvalue weighted by Crippen LogP contribution is 2.30. The molecular formula is C15H24ClNS. The highest BCUT2D eigenvalue weighted by atomic mass is 35.5. The largest absolute Gasteiger partial charge is 0.310 e. The zero-order valence-corrected chi connectivity index (χ0v) is 13.4. The highest BCUT2D eigenvalue weighted by molar-refractivity contribution is 7.99. The van der Waals surface area contributed by atoms with Gasteiger partial charge in [-0.3, -0.25) is 0 Å². The van der Waals surface area contributed by atoms with Gasteiger partial charge in [0.1, 0.15) is 0 Å². The predicted molar refractivity (Wildman–Crippen MR) is 83.6 cm³/mol. The lowest BCUT2D eigenvalue weighted by Gasteiger charge is -2.15. The van der Waals surface area contributed by atoms with Gasteiger partial charge < -0.3 is 5.32 Å². The molecular weight excluding hydrogens is 262 g/mol. The molecule has 102 valence electrons. The zero-order chi connectivity index (χ0) is 13.5. The van der Waals surface area contributed by atoms with Crippen molar-refractivity contribution in [3.63, 3.8) is 0 Å². The number of halogens is 1. The van der Waals surface area contributed by atoms with Crippen molar-refractivity contribution in [2.75, 3.05) is 5.75 Å². The first-order valence-electron chi connectivity index (χ1n) is 6.68. The average Bonchev–Trinajstić information content (AvgIpc) is 2.34. The van der Waals surface area contributed by atoms with Crippen LogP contribution in [0.3, 0.4) is 0 Å². The molecule has 1 nitrogen and oxygen atoms in total. The van der Waals surface area contributed by atoms with Crippen molar-refractivity contribution in [1.82, 2.24) is 5.32 Å². The van der Waals surface area contributed by atoms with Crippen molar-refractivity contribution in [1.29, 1.82) is 0 Å². The van der Waals surface area contributed by atoms with Gasteiger partial charge in [-0.25, -0.2) is 0 Å². The fraction of sp³-hybridized carbons (Fsp3) is 0.600. The Morgan fingerprint density at radius 1 is 1.28 bits per heavy atom. The Kier molecular flexibility index (Phi) is 7.13. The topological polar surface area (TPSA) is 12.0 Å². The number of nitrogens with one attached hydrogen (secondary N) is 1. The fourth-order valence-electron chi connectivity index (χ4n) is 1.50. The van der Waals surface area contributed by atoms with E-state index in [1.54, 1.807) is 0 Å². The van der Waals surface area contributed by atoms with Gasteiger partial charge in [0.05, 0.1) is 0 Å². The summed E-state index contributed by atoms with van der Waals surface area (Å²) in [6, 6.07) is 6.68. The third-order valence-electron chi connectivity index (χ3n) is 2.98. The van der Waals surface area contributed by atoms with Crippen LogP contribution in [0, 0.1) is 5.92 Å².